The minimum absolute atomic E-state index is 0.138. The average Bonchev–Trinajstić information content (AvgIpc) is 2.45. The van der Waals surface area contributed by atoms with E-state index >= 15 is 0 Å². The molecule has 2 nitrogen and oxygen atoms in total. The van der Waals surface area contributed by atoms with Crippen LogP contribution in [0.5, 0.6) is 5.75 Å². The highest BCUT2D eigenvalue weighted by atomic mass is 32.2. The van der Waals surface area contributed by atoms with Crippen LogP contribution in [0.25, 0.3) is 0 Å². The van der Waals surface area contributed by atoms with E-state index in [1.807, 2.05) is 6.92 Å². The number of nitrogen functional groups attached to an aromatic ring is 1. The molecule has 5 heteroatoms. The van der Waals surface area contributed by atoms with E-state index < -0.39 is 11.6 Å². The van der Waals surface area contributed by atoms with Gasteiger partial charge < -0.3 is 10.5 Å². The summed E-state index contributed by atoms with van der Waals surface area (Å²) < 4.78 is 33.4. The molecule has 1 aromatic rings. The monoisotopic (exact) mass is 317 g/mol. The molecule has 0 aromatic heterocycles. The maximum atomic E-state index is 14.3. The van der Waals surface area contributed by atoms with Crippen molar-refractivity contribution in [1.82, 2.24) is 0 Å². The normalized spacial score (nSPS) is 10.9. The molecule has 0 aliphatic rings. The zero-order valence-electron chi connectivity index (χ0n) is 12.9. The third-order valence-corrected chi connectivity index (χ3v) is 4.42. The smallest absolute Gasteiger partial charge is 0.192 e. The molecule has 0 unspecified atom stereocenters. The Morgan fingerprint density at radius 2 is 1.81 bits per heavy atom. The summed E-state index contributed by atoms with van der Waals surface area (Å²) in [5, 5.41) is 0. The topological polar surface area (TPSA) is 35.2 Å². The van der Waals surface area contributed by atoms with Gasteiger partial charge in [-0.1, -0.05) is 39.5 Å². The lowest BCUT2D eigenvalue weighted by Gasteiger charge is -2.13. The van der Waals surface area contributed by atoms with Crippen LogP contribution < -0.4 is 10.5 Å². The number of benzene rings is 1. The minimum Gasteiger partial charge on any atom is -0.488 e. The summed E-state index contributed by atoms with van der Waals surface area (Å²) >= 11 is 1.30. The summed E-state index contributed by atoms with van der Waals surface area (Å²) in [7, 11) is 0. The van der Waals surface area contributed by atoms with E-state index in [1.165, 1.54) is 24.6 Å². The van der Waals surface area contributed by atoms with Gasteiger partial charge >= 0.3 is 0 Å². The number of hydrogen-bond acceptors (Lipinski definition) is 3. The van der Waals surface area contributed by atoms with Gasteiger partial charge in [-0.05, 0) is 18.6 Å². The highest BCUT2D eigenvalue weighted by molar-refractivity contribution is 7.99. The lowest BCUT2D eigenvalue weighted by Crippen LogP contribution is -2.05. The second kappa shape index (κ2) is 9.87. The zero-order valence-corrected chi connectivity index (χ0v) is 13.7. The predicted octanol–water partition coefficient (Wildman–Crippen LogP) is 5.40. The first-order valence-corrected chi connectivity index (χ1v) is 8.63. The fraction of sp³-hybridized carbons (Fsp3) is 0.625. The maximum Gasteiger partial charge on any atom is 0.192 e. The van der Waals surface area contributed by atoms with E-state index in [0.717, 1.165) is 37.5 Å². The Kier molecular flexibility index (Phi) is 8.50. The third kappa shape index (κ3) is 5.73. The molecule has 0 atom stereocenters. The number of halogens is 2. The van der Waals surface area contributed by atoms with Gasteiger partial charge in [0.15, 0.2) is 17.4 Å². The van der Waals surface area contributed by atoms with Crippen molar-refractivity contribution in [3.63, 3.8) is 0 Å². The molecule has 0 aliphatic heterocycles. The Hall–Kier alpha value is -0.970. The van der Waals surface area contributed by atoms with Gasteiger partial charge in [0.25, 0.3) is 0 Å². The fourth-order valence-electron chi connectivity index (χ4n) is 1.97. The van der Waals surface area contributed by atoms with Gasteiger partial charge in [0.2, 0.25) is 0 Å². The number of thioether (sulfide) groups is 1. The highest BCUT2D eigenvalue weighted by Gasteiger charge is 2.18. The Bertz CT molecular complexity index is 441. The van der Waals surface area contributed by atoms with Gasteiger partial charge in [0.05, 0.1) is 17.2 Å². The van der Waals surface area contributed by atoms with Crippen LogP contribution in [-0.4, -0.2) is 12.4 Å². The number of unbranched alkanes of at least 4 members (excludes halogenated alkanes) is 4. The number of hydrogen-bond donors (Lipinski definition) is 1. The number of rotatable bonds is 10. The van der Waals surface area contributed by atoms with Crippen LogP contribution in [0.1, 0.15) is 52.4 Å². The van der Waals surface area contributed by atoms with Crippen LogP contribution in [0.2, 0.25) is 0 Å². The fourth-order valence-corrected chi connectivity index (χ4v) is 2.82. The van der Waals surface area contributed by atoms with Gasteiger partial charge in [-0.3, -0.25) is 0 Å². The molecule has 0 aliphatic carbocycles. The maximum absolute atomic E-state index is 14.3. The molecule has 1 rings (SSSR count). The van der Waals surface area contributed by atoms with Gasteiger partial charge in [-0.2, -0.15) is 0 Å². The Balaban J connectivity index is 2.64. The lowest BCUT2D eigenvalue weighted by atomic mass is 10.2. The molecule has 1 aromatic carbocycles. The molecule has 0 saturated carbocycles. The van der Waals surface area contributed by atoms with Gasteiger partial charge in [0.1, 0.15) is 0 Å². The van der Waals surface area contributed by atoms with Crippen LogP contribution in [0.3, 0.4) is 0 Å². The van der Waals surface area contributed by atoms with Crippen LogP contribution in [0, 0.1) is 11.6 Å². The molecular weight excluding hydrogens is 292 g/mol. The molecular formula is C16H25F2NOS. The van der Waals surface area contributed by atoms with Crippen molar-refractivity contribution < 1.29 is 13.5 Å². The van der Waals surface area contributed by atoms with E-state index in [-0.39, 0.29) is 11.4 Å². The third-order valence-electron chi connectivity index (χ3n) is 3.10. The number of anilines is 1. The SMILES string of the molecule is CCCCCCCOc1c(F)cc(N)c(SCCC)c1F. The molecule has 0 saturated heterocycles. The summed E-state index contributed by atoms with van der Waals surface area (Å²) in [6, 6.07) is 1.15. The molecule has 120 valence electrons. The van der Waals surface area contributed by atoms with E-state index in [2.05, 4.69) is 6.92 Å². The molecule has 21 heavy (non-hydrogen) atoms. The predicted molar refractivity (Wildman–Crippen MR) is 86.0 cm³/mol. The first-order chi connectivity index (χ1) is 10.1. The standard InChI is InChI=1S/C16H25F2NOS/c1-3-5-6-7-8-9-20-15-12(17)11-13(19)16(14(15)18)21-10-4-2/h11H,3-10,19H2,1-2H3. The first kappa shape index (κ1) is 18.1. The Morgan fingerprint density at radius 3 is 2.48 bits per heavy atom. The van der Waals surface area contributed by atoms with Gasteiger partial charge in [0, 0.05) is 6.07 Å². The second-order valence-corrected chi connectivity index (χ2v) is 6.14. The molecule has 0 spiro atoms. The van der Waals surface area contributed by atoms with Gasteiger partial charge in [-0.25, -0.2) is 8.78 Å². The quantitative estimate of drug-likeness (QED) is 0.356. The van der Waals surface area contributed by atoms with E-state index in [1.54, 1.807) is 0 Å². The summed E-state index contributed by atoms with van der Waals surface area (Å²) in [6.45, 7) is 4.48. The van der Waals surface area contributed by atoms with Crippen LogP contribution in [0.15, 0.2) is 11.0 Å². The van der Waals surface area contributed by atoms with Crippen LogP contribution in [0.4, 0.5) is 14.5 Å². The highest BCUT2D eigenvalue weighted by Crippen LogP contribution is 2.36. The Labute approximate surface area is 130 Å². The van der Waals surface area contributed by atoms with Crippen molar-refractivity contribution in [3.05, 3.63) is 17.7 Å². The van der Waals surface area contributed by atoms with Crippen LogP contribution >= 0.6 is 11.8 Å². The Morgan fingerprint density at radius 1 is 1.10 bits per heavy atom. The largest absolute Gasteiger partial charge is 0.488 e. The van der Waals surface area contributed by atoms with Crippen molar-refractivity contribution in [2.45, 2.75) is 57.3 Å². The number of nitrogens with two attached hydrogens (primary N) is 1. The summed E-state index contributed by atoms with van der Waals surface area (Å²) in [4.78, 5) is 0.291. The first-order valence-electron chi connectivity index (χ1n) is 7.64. The van der Waals surface area contributed by atoms with E-state index in [9.17, 15) is 8.78 Å². The summed E-state index contributed by atoms with van der Waals surface area (Å²) in [5.41, 5.74) is 5.82. The average molecular weight is 317 g/mol. The summed E-state index contributed by atoms with van der Waals surface area (Å²) in [5.74, 6) is -0.944. The second-order valence-electron chi connectivity index (χ2n) is 5.03. The molecule has 0 bridgehead atoms. The van der Waals surface area contributed by atoms with Crippen molar-refractivity contribution in [2.75, 3.05) is 18.1 Å². The van der Waals surface area contributed by atoms with Crippen molar-refractivity contribution in [3.8, 4) is 5.75 Å². The summed E-state index contributed by atoms with van der Waals surface area (Å²) in [6.07, 6.45) is 6.20. The lowest BCUT2D eigenvalue weighted by molar-refractivity contribution is 0.273. The van der Waals surface area contributed by atoms with Gasteiger partial charge in [-0.15, -0.1) is 11.8 Å². The molecule has 0 radical (unpaired) electrons. The van der Waals surface area contributed by atoms with Crippen molar-refractivity contribution >= 4 is 17.4 Å². The van der Waals surface area contributed by atoms with E-state index in [0.29, 0.717) is 11.5 Å². The molecule has 0 heterocycles. The minimum atomic E-state index is -0.723. The zero-order chi connectivity index (χ0) is 15.7. The molecule has 2 N–H and O–H groups in total. The molecule has 0 fully saturated rings. The number of ether oxygens (including phenoxy) is 1. The van der Waals surface area contributed by atoms with Crippen molar-refractivity contribution in [1.29, 1.82) is 0 Å². The molecule has 0 amide bonds. The van der Waals surface area contributed by atoms with Crippen molar-refractivity contribution in [2.24, 2.45) is 0 Å². The van der Waals surface area contributed by atoms with Crippen LogP contribution in [-0.2, 0) is 0 Å². The van der Waals surface area contributed by atoms with E-state index in [4.69, 9.17) is 10.5 Å².